The van der Waals surface area contributed by atoms with Crippen molar-refractivity contribution >= 4 is 17.6 Å². The zero-order chi connectivity index (χ0) is 15.9. The van der Waals surface area contributed by atoms with E-state index >= 15 is 0 Å². The molecule has 0 saturated carbocycles. The number of hydrogen-bond acceptors (Lipinski definition) is 5. The summed E-state index contributed by atoms with van der Waals surface area (Å²) in [6.07, 6.45) is 0. The van der Waals surface area contributed by atoms with Gasteiger partial charge in [0.25, 0.3) is 0 Å². The van der Waals surface area contributed by atoms with E-state index in [0.29, 0.717) is 41.1 Å². The van der Waals surface area contributed by atoms with Crippen LogP contribution in [-0.2, 0) is 0 Å². The number of rotatable bonds is 3. The summed E-state index contributed by atoms with van der Waals surface area (Å²) in [4.78, 5) is 11.0. The van der Waals surface area contributed by atoms with Crippen LogP contribution in [0, 0.1) is 0 Å². The minimum absolute atomic E-state index is 0.0803. The second-order valence-corrected chi connectivity index (χ2v) is 5.59. The van der Waals surface area contributed by atoms with Gasteiger partial charge >= 0.3 is 5.97 Å². The van der Waals surface area contributed by atoms with E-state index in [1.54, 1.807) is 6.07 Å². The lowest BCUT2D eigenvalue weighted by Gasteiger charge is -2.23. The average Bonchev–Trinajstić information content (AvgIpc) is 2.96. The summed E-state index contributed by atoms with van der Waals surface area (Å²) in [5.41, 5.74) is 1.30. The molecule has 3 rings (SSSR count). The smallest absolute Gasteiger partial charge is 0.358 e. The van der Waals surface area contributed by atoms with E-state index in [9.17, 15) is 4.79 Å². The van der Waals surface area contributed by atoms with Crippen LogP contribution in [0.5, 0.6) is 11.5 Å². The molecular weight excluding hydrogens is 310 g/mol. The maximum absolute atomic E-state index is 11.0. The van der Waals surface area contributed by atoms with Gasteiger partial charge in [-0.3, -0.25) is 0 Å². The lowest BCUT2D eigenvalue weighted by molar-refractivity contribution is 0.0686. The first kappa shape index (κ1) is 14.7. The number of nitrogens with zero attached hydrogens (tertiary/aromatic N) is 1. The minimum Gasteiger partial charge on any atom is -0.486 e. The van der Waals surface area contributed by atoms with E-state index in [0.717, 1.165) is 5.56 Å². The Labute approximate surface area is 131 Å². The SMILES string of the molecule is CC(C)c1c(-c2cc(C(=O)O)no2)cc2c(c1Cl)OCCO2. The molecule has 116 valence electrons. The number of aromatic carboxylic acids is 1. The molecule has 2 heterocycles. The van der Waals surface area contributed by atoms with Crippen molar-refractivity contribution in [3.63, 3.8) is 0 Å². The summed E-state index contributed by atoms with van der Waals surface area (Å²) in [6, 6.07) is 3.12. The molecule has 0 amide bonds. The van der Waals surface area contributed by atoms with E-state index in [-0.39, 0.29) is 11.6 Å². The largest absolute Gasteiger partial charge is 0.486 e. The molecule has 0 atom stereocenters. The van der Waals surface area contributed by atoms with Gasteiger partial charge in [-0.05, 0) is 17.5 Å². The number of benzene rings is 1. The fraction of sp³-hybridized carbons (Fsp3) is 0.333. The van der Waals surface area contributed by atoms with Crippen molar-refractivity contribution in [3.05, 3.63) is 28.4 Å². The van der Waals surface area contributed by atoms with Gasteiger partial charge in [0, 0.05) is 11.6 Å². The molecule has 22 heavy (non-hydrogen) atoms. The Kier molecular flexibility index (Phi) is 3.70. The van der Waals surface area contributed by atoms with Crippen LogP contribution < -0.4 is 9.47 Å². The van der Waals surface area contributed by atoms with Gasteiger partial charge in [0.15, 0.2) is 23.0 Å². The van der Waals surface area contributed by atoms with Crippen LogP contribution in [0.4, 0.5) is 0 Å². The minimum atomic E-state index is -1.15. The zero-order valence-electron chi connectivity index (χ0n) is 12.1. The maximum atomic E-state index is 11.0. The molecule has 0 saturated heterocycles. The number of carboxylic acids is 1. The van der Waals surface area contributed by atoms with Crippen molar-refractivity contribution in [2.45, 2.75) is 19.8 Å². The summed E-state index contributed by atoms with van der Waals surface area (Å²) >= 11 is 6.46. The second-order valence-electron chi connectivity index (χ2n) is 5.21. The molecule has 1 aliphatic rings. The Balaban J connectivity index is 2.20. The van der Waals surface area contributed by atoms with E-state index in [1.807, 2.05) is 13.8 Å². The molecule has 7 heteroatoms. The van der Waals surface area contributed by atoms with E-state index in [2.05, 4.69) is 5.16 Å². The zero-order valence-corrected chi connectivity index (χ0v) is 12.8. The van der Waals surface area contributed by atoms with E-state index in [4.69, 9.17) is 30.7 Å². The molecule has 1 aliphatic heterocycles. The molecule has 0 radical (unpaired) electrons. The molecule has 1 aromatic heterocycles. The highest BCUT2D eigenvalue weighted by Gasteiger charge is 2.26. The van der Waals surface area contributed by atoms with Crippen LogP contribution >= 0.6 is 11.6 Å². The van der Waals surface area contributed by atoms with Crippen LogP contribution in [0.25, 0.3) is 11.3 Å². The number of fused-ring (bicyclic) bond motifs is 1. The molecule has 1 aromatic carbocycles. The lowest BCUT2D eigenvalue weighted by atomic mass is 9.94. The van der Waals surface area contributed by atoms with Gasteiger partial charge in [-0.2, -0.15) is 0 Å². The summed E-state index contributed by atoms with van der Waals surface area (Å²) in [5.74, 6) is 0.295. The van der Waals surface area contributed by atoms with Gasteiger partial charge in [0.1, 0.15) is 13.2 Å². The molecule has 0 bridgehead atoms. The summed E-state index contributed by atoms with van der Waals surface area (Å²) in [7, 11) is 0. The van der Waals surface area contributed by atoms with Gasteiger partial charge in [-0.15, -0.1) is 0 Å². The van der Waals surface area contributed by atoms with Crippen LogP contribution in [0.2, 0.25) is 5.02 Å². The quantitative estimate of drug-likeness (QED) is 0.929. The predicted octanol–water partition coefficient (Wildman–Crippen LogP) is 3.59. The third-order valence-electron chi connectivity index (χ3n) is 3.38. The standard InChI is InChI=1S/C15H14ClNO5/c1-7(2)12-8(10-6-9(15(18)19)17-22-10)5-11-14(13(12)16)21-4-3-20-11/h5-7H,3-4H2,1-2H3,(H,18,19). The monoisotopic (exact) mass is 323 g/mol. The number of ether oxygens (including phenoxy) is 2. The van der Waals surface area contributed by atoms with Crippen molar-refractivity contribution in [3.8, 4) is 22.8 Å². The molecule has 0 unspecified atom stereocenters. The molecule has 2 aromatic rings. The van der Waals surface area contributed by atoms with Gasteiger partial charge in [0.2, 0.25) is 0 Å². The van der Waals surface area contributed by atoms with Crippen LogP contribution in [-0.4, -0.2) is 29.4 Å². The highest BCUT2D eigenvalue weighted by molar-refractivity contribution is 6.33. The Morgan fingerprint density at radius 2 is 2.05 bits per heavy atom. The van der Waals surface area contributed by atoms with E-state index in [1.165, 1.54) is 6.07 Å². The maximum Gasteiger partial charge on any atom is 0.358 e. The van der Waals surface area contributed by atoms with Crippen LogP contribution in [0.1, 0.15) is 35.8 Å². The lowest BCUT2D eigenvalue weighted by Crippen LogP contribution is -2.16. The van der Waals surface area contributed by atoms with E-state index < -0.39 is 5.97 Å². The fourth-order valence-corrected chi connectivity index (χ4v) is 2.90. The third-order valence-corrected chi connectivity index (χ3v) is 3.76. The highest BCUT2D eigenvalue weighted by Crippen LogP contribution is 2.47. The third kappa shape index (κ3) is 2.39. The molecule has 0 spiro atoms. The number of carbonyl (C=O) groups is 1. The van der Waals surface area contributed by atoms with Gasteiger partial charge in [-0.1, -0.05) is 30.6 Å². The Bertz CT molecular complexity index is 738. The summed E-state index contributed by atoms with van der Waals surface area (Å²) < 4.78 is 16.3. The fourth-order valence-electron chi connectivity index (χ4n) is 2.43. The number of carboxylic acid groups (broad SMARTS) is 1. The molecule has 0 aliphatic carbocycles. The first-order valence-corrected chi connectivity index (χ1v) is 7.19. The van der Waals surface area contributed by atoms with Gasteiger partial charge in [0.05, 0.1) is 5.02 Å². The average molecular weight is 324 g/mol. The highest BCUT2D eigenvalue weighted by atomic mass is 35.5. The second kappa shape index (κ2) is 5.53. The predicted molar refractivity (Wildman–Crippen MR) is 79.0 cm³/mol. The normalized spacial score (nSPS) is 13.5. The van der Waals surface area contributed by atoms with Crippen molar-refractivity contribution in [1.82, 2.24) is 5.16 Å². The number of halogens is 1. The number of aromatic nitrogens is 1. The van der Waals surface area contributed by atoms with Crippen molar-refractivity contribution < 1.29 is 23.9 Å². The van der Waals surface area contributed by atoms with Crippen LogP contribution in [0.15, 0.2) is 16.7 Å². The van der Waals surface area contributed by atoms with Crippen LogP contribution in [0.3, 0.4) is 0 Å². The van der Waals surface area contributed by atoms with Crippen molar-refractivity contribution in [2.75, 3.05) is 13.2 Å². The van der Waals surface area contributed by atoms with Crippen molar-refractivity contribution in [1.29, 1.82) is 0 Å². The molecular formula is C15H14ClNO5. The van der Waals surface area contributed by atoms with Crippen molar-refractivity contribution in [2.24, 2.45) is 0 Å². The number of hydrogen-bond donors (Lipinski definition) is 1. The summed E-state index contributed by atoms with van der Waals surface area (Å²) in [6.45, 7) is 4.83. The topological polar surface area (TPSA) is 81.8 Å². The van der Waals surface area contributed by atoms with Gasteiger partial charge < -0.3 is 19.1 Å². The first-order chi connectivity index (χ1) is 10.5. The Morgan fingerprint density at radius 1 is 1.32 bits per heavy atom. The molecule has 1 N–H and O–H groups in total. The molecule has 0 fully saturated rings. The first-order valence-electron chi connectivity index (χ1n) is 6.81. The molecule has 6 nitrogen and oxygen atoms in total. The Morgan fingerprint density at radius 3 is 2.68 bits per heavy atom. The summed E-state index contributed by atoms with van der Waals surface area (Å²) in [5, 5.41) is 13.0. The van der Waals surface area contributed by atoms with Gasteiger partial charge in [-0.25, -0.2) is 4.79 Å². The Hall–Kier alpha value is -2.21.